The summed E-state index contributed by atoms with van der Waals surface area (Å²) in [4.78, 5) is 0. The van der Waals surface area contributed by atoms with Crippen molar-refractivity contribution in [3.63, 3.8) is 0 Å². The first-order chi connectivity index (χ1) is 8.08. The molecule has 0 bridgehead atoms. The molecule has 2 rings (SSSR count). The molecule has 3 heteroatoms. The normalized spacial score (nSPS) is 21.8. The third-order valence-corrected chi connectivity index (χ3v) is 4.20. The lowest BCUT2D eigenvalue weighted by molar-refractivity contribution is 0.103. The Labute approximate surface area is 113 Å². The Morgan fingerprint density at radius 2 is 2.12 bits per heavy atom. The summed E-state index contributed by atoms with van der Waals surface area (Å²) in [5.41, 5.74) is 3.44. The first-order valence-corrected chi connectivity index (χ1v) is 6.91. The zero-order chi connectivity index (χ0) is 12.4. The molecule has 0 aliphatic carbocycles. The van der Waals surface area contributed by atoms with E-state index < -0.39 is 0 Å². The minimum absolute atomic E-state index is 0.0223. The van der Waals surface area contributed by atoms with Gasteiger partial charge in [0.25, 0.3) is 0 Å². The Hall–Kier alpha value is -0.240. The highest BCUT2D eigenvalue weighted by atomic mass is 35.5. The van der Waals surface area contributed by atoms with E-state index in [0.717, 1.165) is 36.5 Å². The predicted molar refractivity (Wildman–Crippen MR) is 73.1 cm³/mol. The van der Waals surface area contributed by atoms with Gasteiger partial charge >= 0.3 is 0 Å². The van der Waals surface area contributed by atoms with Gasteiger partial charge in [-0.3, -0.25) is 0 Å². The van der Waals surface area contributed by atoms with Gasteiger partial charge in [-0.15, -0.1) is 11.6 Å². The molecule has 0 radical (unpaired) electrons. The maximum atomic E-state index is 6.49. The fraction of sp³-hybridized carbons (Fsp3) is 0.571. The fourth-order valence-electron chi connectivity index (χ4n) is 2.33. The molecular weight excluding hydrogens is 255 g/mol. The van der Waals surface area contributed by atoms with E-state index in [2.05, 4.69) is 13.0 Å². The summed E-state index contributed by atoms with van der Waals surface area (Å²) in [7, 11) is 0. The van der Waals surface area contributed by atoms with Gasteiger partial charge in [0.05, 0.1) is 11.5 Å². The van der Waals surface area contributed by atoms with E-state index in [1.165, 1.54) is 11.1 Å². The van der Waals surface area contributed by atoms with Crippen molar-refractivity contribution in [1.29, 1.82) is 0 Å². The van der Waals surface area contributed by atoms with Crippen LogP contribution in [0.2, 0.25) is 5.02 Å². The molecule has 17 heavy (non-hydrogen) atoms. The predicted octanol–water partition coefficient (Wildman–Crippen LogP) is 4.81. The summed E-state index contributed by atoms with van der Waals surface area (Å²) < 4.78 is 5.63. The third kappa shape index (κ3) is 3.15. The van der Waals surface area contributed by atoms with Crippen molar-refractivity contribution in [2.24, 2.45) is 0 Å². The SMILES string of the molecule is Cc1cc(C(Cl)CC2CCCO2)c(C)cc1Cl. The van der Waals surface area contributed by atoms with Crippen molar-refractivity contribution < 1.29 is 4.74 Å². The van der Waals surface area contributed by atoms with Crippen LogP contribution < -0.4 is 0 Å². The van der Waals surface area contributed by atoms with E-state index in [1.807, 2.05) is 13.0 Å². The van der Waals surface area contributed by atoms with Gasteiger partial charge in [0.15, 0.2) is 0 Å². The molecule has 1 aliphatic heterocycles. The molecule has 1 saturated heterocycles. The average Bonchev–Trinajstić information content (AvgIpc) is 2.76. The lowest BCUT2D eigenvalue weighted by Crippen LogP contribution is -2.09. The zero-order valence-corrected chi connectivity index (χ0v) is 11.8. The summed E-state index contributed by atoms with van der Waals surface area (Å²) >= 11 is 12.6. The van der Waals surface area contributed by atoms with Crippen LogP contribution in [0.1, 0.15) is 41.3 Å². The molecule has 2 atom stereocenters. The molecule has 1 aromatic rings. The second-order valence-electron chi connectivity index (χ2n) is 4.80. The van der Waals surface area contributed by atoms with Crippen LogP contribution in [-0.2, 0) is 4.74 Å². The number of ether oxygens (including phenoxy) is 1. The van der Waals surface area contributed by atoms with Gasteiger partial charge in [0.2, 0.25) is 0 Å². The molecule has 94 valence electrons. The van der Waals surface area contributed by atoms with E-state index in [1.54, 1.807) is 0 Å². The second kappa shape index (κ2) is 5.60. The molecule has 1 aromatic carbocycles. The van der Waals surface area contributed by atoms with Crippen molar-refractivity contribution in [3.05, 3.63) is 33.8 Å². The molecule has 0 amide bonds. The number of alkyl halides is 1. The molecule has 0 spiro atoms. The van der Waals surface area contributed by atoms with Crippen molar-refractivity contribution in [3.8, 4) is 0 Å². The molecule has 1 heterocycles. The average molecular weight is 273 g/mol. The highest BCUT2D eigenvalue weighted by Crippen LogP contribution is 2.34. The molecular formula is C14H18Cl2O. The number of hydrogen-bond acceptors (Lipinski definition) is 1. The number of aryl methyl sites for hydroxylation is 2. The summed E-state index contributed by atoms with van der Waals surface area (Å²) in [6.45, 7) is 4.96. The second-order valence-corrected chi connectivity index (χ2v) is 5.73. The topological polar surface area (TPSA) is 9.23 Å². The highest BCUT2D eigenvalue weighted by Gasteiger charge is 2.21. The Morgan fingerprint density at radius 1 is 1.35 bits per heavy atom. The van der Waals surface area contributed by atoms with Crippen LogP contribution in [0.4, 0.5) is 0 Å². The van der Waals surface area contributed by atoms with Crippen molar-refractivity contribution in [2.75, 3.05) is 6.61 Å². The number of benzene rings is 1. The lowest BCUT2D eigenvalue weighted by atomic mass is 9.98. The van der Waals surface area contributed by atoms with Gasteiger partial charge in [0.1, 0.15) is 0 Å². The van der Waals surface area contributed by atoms with Gasteiger partial charge in [0, 0.05) is 11.6 Å². The smallest absolute Gasteiger partial charge is 0.0612 e. The van der Waals surface area contributed by atoms with Crippen molar-refractivity contribution in [2.45, 2.75) is 44.6 Å². The summed E-state index contributed by atoms with van der Waals surface area (Å²) in [5.74, 6) is 0. The minimum atomic E-state index is 0.0223. The van der Waals surface area contributed by atoms with Gasteiger partial charge in [-0.25, -0.2) is 0 Å². The van der Waals surface area contributed by atoms with Crippen LogP contribution in [0.25, 0.3) is 0 Å². The quantitative estimate of drug-likeness (QED) is 0.718. The largest absolute Gasteiger partial charge is 0.378 e. The molecule has 0 aromatic heterocycles. The number of hydrogen-bond donors (Lipinski definition) is 0. The monoisotopic (exact) mass is 272 g/mol. The van der Waals surface area contributed by atoms with Gasteiger partial charge in [-0.2, -0.15) is 0 Å². The van der Waals surface area contributed by atoms with E-state index in [0.29, 0.717) is 6.10 Å². The third-order valence-electron chi connectivity index (χ3n) is 3.38. The lowest BCUT2D eigenvalue weighted by Gasteiger charge is -2.17. The minimum Gasteiger partial charge on any atom is -0.378 e. The van der Waals surface area contributed by atoms with Crippen LogP contribution in [0.5, 0.6) is 0 Å². The molecule has 0 N–H and O–H groups in total. The van der Waals surface area contributed by atoms with Gasteiger partial charge in [-0.05, 0) is 55.9 Å². The summed E-state index contributed by atoms with van der Waals surface area (Å²) in [5, 5.41) is 0.835. The van der Waals surface area contributed by atoms with E-state index in [9.17, 15) is 0 Å². The van der Waals surface area contributed by atoms with Crippen LogP contribution >= 0.6 is 23.2 Å². The Bertz CT molecular complexity index is 397. The molecule has 0 saturated carbocycles. The summed E-state index contributed by atoms with van der Waals surface area (Å²) in [6, 6.07) is 4.10. The zero-order valence-electron chi connectivity index (χ0n) is 10.3. The molecule has 1 nitrogen and oxygen atoms in total. The Kier molecular flexibility index (Phi) is 4.35. The maximum Gasteiger partial charge on any atom is 0.0612 e. The van der Waals surface area contributed by atoms with Crippen molar-refractivity contribution >= 4 is 23.2 Å². The highest BCUT2D eigenvalue weighted by molar-refractivity contribution is 6.31. The maximum absolute atomic E-state index is 6.49. The molecule has 1 aliphatic rings. The Morgan fingerprint density at radius 3 is 2.76 bits per heavy atom. The number of rotatable bonds is 3. The van der Waals surface area contributed by atoms with Gasteiger partial charge < -0.3 is 4.74 Å². The first-order valence-electron chi connectivity index (χ1n) is 6.10. The van der Waals surface area contributed by atoms with Crippen LogP contribution in [0.15, 0.2) is 12.1 Å². The standard InChI is InChI=1S/C14H18Cl2O/c1-9-7-13(15)10(2)6-12(9)14(16)8-11-4-3-5-17-11/h6-7,11,14H,3-5,8H2,1-2H3. The van der Waals surface area contributed by atoms with E-state index in [-0.39, 0.29) is 5.38 Å². The molecule has 1 fully saturated rings. The molecule has 2 unspecified atom stereocenters. The van der Waals surface area contributed by atoms with Crippen LogP contribution in [0, 0.1) is 13.8 Å². The summed E-state index contributed by atoms with van der Waals surface area (Å²) in [6.07, 6.45) is 3.51. The first kappa shape index (κ1) is 13.2. The van der Waals surface area contributed by atoms with Crippen LogP contribution in [0.3, 0.4) is 0 Å². The van der Waals surface area contributed by atoms with Crippen LogP contribution in [-0.4, -0.2) is 12.7 Å². The number of halogens is 2. The van der Waals surface area contributed by atoms with E-state index in [4.69, 9.17) is 27.9 Å². The van der Waals surface area contributed by atoms with Crippen molar-refractivity contribution in [1.82, 2.24) is 0 Å². The van der Waals surface area contributed by atoms with Gasteiger partial charge in [-0.1, -0.05) is 17.7 Å². The van der Waals surface area contributed by atoms with E-state index >= 15 is 0 Å². The Balaban J connectivity index is 2.12. The fourth-order valence-corrected chi connectivity index (χ4v) is 2.98.